The van der Waals surface area contributed by atoms with Crippen molar-refractivity contribution in [2.75, 3.05) is 0 Å². The van der Waals surface area contributed by atoms with Gasteiger partial charge in [0.1, 0.15) is 0 Å². The van der Waals surface area contributed by atoms with Gasteiger partial charge in [0.25, 0.3) is 0 Å². The maximum Gasteiger partial charge on any atom is 0.0500 e. The predicted molar refractivity (Wildman–Crippen MR) is 70.0 cm³/mol. The molecule has 80 valence electrons. The summed E-state index contributed by atoms with van der Waals surface area (Å²) in [4.78, 5) is 0. The first-order valence-corrected chi connectivity index (χ1v) is 6.05. The molecule has 0 radical (unpaired) electrons. The number of hydrogen-bond acceptors (Lipinski definition) is 1. The molecule has 0 saturated carbocycles. The Bertz CT molecular complexity index is 488. The van der Waals surface area contributed by atoms with Crippen molar-refractivity contribution in [2.45, 2.75) is 25.6 Å². The van der Waals surface area contributed by atoms with Gasteiger partial charge in [-0.2, -0.15) is 12.6 Å². The van der Waals surface area contributed by atoms with Gasteiger partial charge in [-0.05, 0) is 32.0 Å². The smallest absolute Gasteiger partial charge is 0.0500 e. The van der Waals surface area contributed by atoms with E-state index in [1.807, 2.05) is 12.1 Å². The summed E-state index contributed by atoms with van der Waals surface area (Å²) in [6.45, 7) is 4.35. The fourth-order valence-electron chi connectivity index (χ4n) is 2.00. The highest BCUT2D eigenvalue weighted by Gasteiger charge is 2.11. The molecule has 2 rings (SSSR count). The summed E-state index contributed by atoms with van der Waals surface area (Å²) in [6.07, 6.45) is 0. The molecule has 0 aliphatic heterocycles. The zero-order valence-corrected chi connectivity index (χ0v) is 10.5. The molecule has 1 aromatic heterocycles. The Morgan fingerprint density at radius 2 is 2.13 bits per heavy atom. The largest absolute Gasteiger partial charge is 0.341 e. The van der Waals surface area contributed by atoms with Crippen molar-refractivity contribution in [1.29, 1.82) is 0 Å². The lowest BCUT2D eigenvalue weighted by Gasteiger charge is -2.13. The van der Waals surface area contributed by atoms with E-state index in [9.17, 15) is 0 Å². The SMILES string of the molecule is CC(C)n1c(CS)cc2c(Cl)cccc21. The molecule has 1 aromatic carbocycles. The average Bonchev–Trinajstić information content (AvgIpc) is 2.57. The second-order valence-electron chi connectivity index (χ2n) is 3.93. The van der Waals surface area contributed by atoms with E-state index >= 15 is 0 Å². The van der Waals surface area contributed by atoms with Gasteiger partial charge in [0.05, 0.1) is 0 Å². The molecule has 0 fully saturated rings. The monoisotopic (exact) mass is 239 g/mol. The van der Waals surface area contributed by atoms with Crippen LogP contribution in [-0.2, 0) is 5.75 Å². The van der Waals surface area contributed by atoms with E-state index in [0.717, 1.165) is 16.2 Å². The van der Waals surface area contributed by atoms with E-state index in [1.54, 1.807) is 0 Å². The molecule has 0 amide bonds. The van der Waals surface area contributed by atoms with Crippen molar-refractivity contribution in [3.8, 4) is 0 Å². The standard InChI is InChI=1S/C12H14ClNS/c1-8(2)14-9(7-15)6-10-11(13)4-3-5-12(10)14/h3-6,8,15H,7H2,1-2H3. The van der Waals surface area contributed by atoms with Gasteiger partial charge in [0, 0.05) is 33.4 Å². The maximum atomic E-state index is 6.17. The van der Waals surface area contributed by atoms with E-state index < -0.39 is 0 Å². The molecule has 0 unspecified atom stereocenters. The summed E-state index contributed by atoms with van der Waals surface area (Å²) < 4.78 is 2.29. The molecule has 0 N–H and O–H groups in total. The van der Waals surface area contributed by atoms with E-state index in [-0.39, 0.29) is 0 Å². The fraction of sp³-hybridized carbons (Fsp3) is 0.333. The van der Waals surface area contributed by atoms with Crippen LogP contribution in [0.3, 0.4) is 0 Å². The van der Waals surface area contributed by atoms with Gasteiger partial charge in [0.15, 0.2) is 0 Å². The van der Waals surface area contributed by atoms with Gasteiger partial charge < -0.3 is 4.57 Å². The lowest BCUT2D eigenvalue weighted by Crippen LogP contribution is -2.03. The Kier molecular flexibility index (Phi) is 2.98. The molecule has 0 spiro atoms. The molecule has 0 saturated heterocycles. The van der Waals surface area contributed by atoms with Crippen molar-refractivity contribution < 1.29 is 0 Å². The predicted octanol–water partition coefficient (Wildman–Crippen LogP) is 4.31. The zero-order valence-electron chi connectivity index (χ0n) is 8.87. The molecule has 1 nitrogen and oxygen atoms in total. The first kappa shape index (κ1) is 10.9. The maximum absolute atomic E-state index is 6.17. The van der Waals surface area contributed by atoms with Crippen LogP contribution in [0.25, 0.3) is 10.9 Å². The van der Waals surface area contributed by atoms with Crippen LogP contribution in [0.4, 0.5) is 0 Å². The highest BCUT2D eigenvalue weighted by molar-refractivity contribution is 7.79. The van der Waals surface area contributed by atoms with Crippen LogP contribution in [0.2, 0.25) is 5.02 Å². The third-order valence-corrected chi connectivity index (χ3v) is 3.24. The quantitative estimate of drug-likeness (QED) is 0.746. The number of benzene rings is 1. The topological polar surface area (TPSA) is 4.93 Å². The summed E-state index contributed by atoms with van der Waals surface area (Å²) in [5.74, 6) is 0.739. The minimum Gasteiger partial charge on any atom is -0.341 e. The van der Waals surface area contributed by atoms with Crippen molar-refractivity contribution in [1.82, 2.24) is 4.57 Å². The van der Waals surface area contributed by atoms with Crippen LogP contribution in [0.1, 0.15) is 25.6 Å². The van der Waals surface area contributed by atoms with Crippen LogP contribution in [0.5, 0.6) is 0 Å². The van der Waals surface area contributed by atoms with Crippen molar-refractivity contribution in [3.05, 3.63) is 35.0 Å². The summed E-state index contributed by atoms with van der Waals surface area (Å²) in [5, 5.41) is 1.94. The normalized spacial score (nSPS) is 11.5. The van der Waals surface area contributed by atoms with Crippen LogP contribution in [0.15, 0.2) is 24.3 Å². The van der Waals surface area contributed by atoms with Gasteiger partial charge in [-0.1, -0.05) is 17.7 Å². The Balaban J connectivity index is 2.80. The Morgan fingerprint density at radius 3 is 2.73 bits per heavy atom. The van der Waals surface area contributed by atoms with Gasteiger partial charge in [-0.15, -0.1) is 0 Å². The molecular weight excluding hydrogens is 226 g/mol. The number of thiol groups is 1. The molecule has 3 heteroatoms. The third-order valence-electron chi connectivity index (χ3n) is 2.59. The Hall–Kier alpha value is -0.600. The van der Waals surface area contributed by atoms with Crippen LogP contribution in [0, 0.1) is 0 Å². The number of fused-ring (bicyclic) bond motifs is 1. The summed E-state index contributed by atoms with van der Waals surface area (Å²) >= 11 is 10.5. The molecule has 0 aliphatic rings. The third kappa shape index (κ3) is 1.77. The number of rotatable bonds is 2. The summed E-state index contributed by atoms with van der Waals surface area (Å²) in [5.41, 5.74) is 2.41. The summed E-state index contributed by atoms with van der Waals surface area (Å²) in [6, 6.07) is 8.59. The van der Waals surface area contributed by atoms with E-state index in [2.05, 4.69) is 43.2 Å². The molecule has 15 heavy (non-hydrogen) atoms. The highest BCUT2D eigenvalue weighted by Crippen LogP contribution is 2.30. The van der Waals surface area contributed by atoms with Gasteiger partial charge in [0.2, 0.25) is 0 Å². The lowest BCUT2D eigenvalue weighted by molar-refractivity contribution is 0.606. The Labute approximate surface area is 100 Å². The first-order chi connectivity index (χ1) is 7.15. The van der Waals surface area contributed by atoms with E-state index in [0.29, 0.717) is 6.04 Å². The van der Waals surface area contributed by atoms with Crippen LogP contribution >= 0.6 is 24.2 Å². The molecule has 0 atom stereocenters. The van der Waals surface area contributed by atoms with Crippen molar-refractivity contribution >= 4 is 35.1 Å². The van der Waals surface area contributed by atoms with Crippen LogP contribution < -0.4 is 0 Å². The lowest BCUT2D eigenvalue weighted by atomic mass is 10.2. The van der Waals surface area contributed by atoms with Crippen molar-refractivity contribution in [2.24, 2.45) is 0 Å². The number of nitrogens with zero attached hydrogens (tertiary/aromatic N) is 1. The molecule has 1 heterocycles. The summed E-state index contributed by atoms with van der Waals surface area (Å²) in [7, 11) is 0. The van der Waals surface area contributed by atoms with Crippen molar-refractivity contribution in [3.63, 3.8) is 0 Å². The molecule has 0 bridgehead atoms. The number of halogens is 1. The zero-order chi connectivity index (χ0) is 11.0. The Morgan fingerprint density at radius 1 is 1.40 bits per heavy atom. The van der Waals surface area contributed by atoms with Crippen LogP contribution in [-0.4, -0.2) is 4.57 Å². The molecule has 0 aliphatic carbocycles. The number of hydrogen-bond donors (Lipinski definition) is 1. The van der Waals surface area contributed by atoms with E-state index in [1.165, 1.54) is 11.2 Å². The minimum absolute atomic E-state index is 0.433. The van der Waals surface area contributed by atoms with Gasteiger partial charge >= 0.3 is 0 Å². The van der Waals surface area contributed by atoms with Gasteiger partial charge in [-0.3, -0.25) is 0 Å². The van der Waals surface area contributed by atoms with E-state index in [4.69, 9.17) is 11.6 Å². The highest BCUT2D eigenvalue weighted by atomic mass is 35.5. The second kappa shape index (κ2) is 4.11. The minimum atomic E-state index is 0.433. The first-order valence-electron chi connectivity index (χ1n) is 5.04. The average molecular weight is 240 g/mol. The molecule has 2 aromatic rings. The molecular formula is C12H14ClNS. The fourth-order valence-corrected chi connectivity index (χ4v) is 2.47. The second-order valence-corrected chi connectivity index (χ2v) is 4.65. The number of aromatic nitrogens is 1. The van der Waals surface area contributed by atoms with Gasteiger partial charge in [-0.25, -0.2) is 0 Å².